The van der Waals surface area contributed by atoms with Crippen LogP contribution in [-0.4, -0.2) is 10.8 Å². The first kappa shape index (κ1) is 10.1. The van der Waals surface area contributed by atoms with Crippen molar-refractivity contribution in [3.63, 3.8) is 0 Å². The molecule has 2 aromatic heterocycles. The molecule has 3 heteroatoms. The number of aromatic nitrogens is 1. The Morgan fingerprint density at radius 2 is 2.07 bits per heavy atom. The molecule has 0 aliphatic carbocycles. The first-order valence-electron chi connectivity index (χ1n) is 4.82. The lowest BCUT2D eigenvalue weighted by Gasteiger charge is -1.98. The van der Waals surface area contributed by atoms with Crippen LogP contribution in [0, 0.1) is 0 Å². The van der Waals surface area contributed by atoms with Crippen LogP contribution in [0.3, 0.4) is 0 Å². The SMILES string of the molecule is O=C(CCc1cccs1)c1ccncc1. The van der Waals surface area contributed by atoms with Crippen LogP contribution in [0.2, 0.25) is 0 Å². The minimum Gasteiger partial charge on any atom is -0.294 e. The van der Waals surface area contributed by atoms with Gasteiger partial charge in [0, 0.05) is 29.3 Å². The molecule has 2 heterocycles. The zero-order valence-electron chi connectivity index (χ0n) is 8.22. The zero-order chi connectivity index (χ0) is 10.5. The Balaban J connectivity index is 1.94. The molecule has 0 aromatic carbocycles. The van der Waals surface area contributed by atoms with E-state index in [2.05, 4.69) is 11.1 Å². The minimum absolute atomic E-state index is 0.186. The molecule has 2 nitrogen and oxygen atoms in total. The Hall–Kier alpha value is -1.48. The van der Waals surface area contributed by atoms with Gasteiger partial charge in [0.2, 0.25) is 0 Å². The molecule has 0 saturated heterocycles. The number of ketones is 1. The predicted octanol–water partition coefficient (Wildman–Crippen LogP) is 2.96. The summed E-state index contributed by atoms with van der Waals surface area (Å²) in [6.45, 7) is 0. The van der Waals surface area contributed by atoms with Gasteiger partial charge in [-0.25, -0.2) is 0 Å². The van der Waals surface area contributed by atoms with Gasteiger partial charge in [0.15, 0.2) is 5.78 Å². The summed E-state index contributed by atoms with van der Waals surface area (Å²) in [5, 5.41) is 2.03. The predicted molar refractivity (Wildman–Crippen MR) is 61.2 cm³/mol. The van der Waals surface area contributed by atoms with E-state index in [4.69, 9.17) is 0 Å². The van der Waals surface area contributed by atoms with Gasteiger partial charge in [-0.05, 0) is 30.0 Å². The lowest BCUT2D eigenvalue weighted by molar-refractivity contribution is 0.0983. The van der Waals surface area contributed by atoms with Crippen molar-refractivity contribution < 1.29 is 4.79 Å². The largest absolute Gasteiger partial charge is 0.294 e. The van der Waals surface area contributed by atoms with E-state index in [9.17, 15) is 4.79 Å². The van der Waals surface area contributed by atoms with Gasteiger partial charge < -0.3 is 0 Å². The number of hydrogen-bond donors (Lipinski definition) is 0. The Bertz CT molecular complexity index is 422. The number of thiophene rings is 1. The molecule has 0 saturated carbocycles. The summed E-state index contributed by atoms with van der Waals surface area (Å²) in [5.41, 5.74) is 0.751. The Labute approximate surface area is 92.6 Å². The molecule has 0 aliphatic rings. The molecule has 2 rings (SSSR count). The van der Waals surface area contributed by atoms with E-state index < -0.39 is 0 Å². The highest BCUT2D eigenvalue weighted by atomic mass is 32.1. The van der Waals surface area contributed by atoms with Crippen molar-refractivity contribution in [2.45, 2.75) is 12.8 Å². The third-order valence-electron chi connectivity index (χ3n) is 2.18. The summed E-state index contributed by atoms with van der Waals surface area (Å²) in [5.74, 6) is 0.186. The number of hydrogen-bond acceptors (Lipinski definition) is 3. The molecular formula is C12H11NOS. The molecule has 76 valence electrons. The number of carbonyl (C=O) groups is 1. The lowest BCUT2D eigenvalue weighted by atomic mass is 10.1. The van der Waals surface area contributed by atoms with Crippen LogP contribution in [-0.2, 0) is 6.42 Å². The average molecular weight is 217 g/mol. The Morgan fingerprint density at radius 3 is 2.73 bits per heavy atom. The van der Waals surface area contributed by atoms with Crippen molar-refractivity contribution in [2.75, 3.05) is 0 Å². The number of nitrogens with zero attached hydrogens (tertiary/aromatic N) is 1. The fourth-order valence-corrected chi connectivity index (χ4v) is 2.08. The second-order valence-corrected chi connectivity index (χ2v) is 4.27. The first-order chi connectivity index (χ1) is 7.36. The van der Waals surface area contributed by atoms with Gasteiger partial charge in [0.1, 0.15) is 0 Å². The van der Waals surface area contributed by atoms with E-state index in [1.807, 2.05) is 11.4 Å². The summed E-state index contributed by atoms with van der Waals surface area (Å²) in [6.07, 6.45) is 4.71. The molecule has 0 atom stereocenters. The van der Waals surface area contributed by atoms with Crippen molar-refractivity contribution in [1.29, 1.82) is 0 Å². The van der Waals surface area contributed by atoms with Gasteiger partial charge in [-0.2, -0.15) is 0 Å². The van der Waals surface area contributed by atoms with Crippen molar-refractivity contribution in [3.05, 3.63) is 52.5 Å². The molecule has 0 bridgehead atoms. The molecule has 0 spiro atoms. The number of aryl methyl sites for hydroxylation is 1. The van der Waals surface area contributed by atoms with Crippen LogP contribution in [0.15, 0.2) is 42.0 Å². The summed E-state index contributed by atoms with van der Waals surface area (Å²) in [6, 6.07) is 7.59. The summed E-state index contributed by atoms with van der Waals surface area (Å²) >= 11 is 1.70. The molecule has 0 N–H and O–H groups in total. The molecule has 0 unspecified atom stereocenters. The van der Waals surface area contributed by atoms with Crippen molar-refractivity contribution >= 4 is 17.1 Å². The number of Topliss-reactive ketones (excluding diaryl/α,β-unsaturated/α-hetero) is 1. The van der Waals surface area contributed by atoms with Gasteiger partial charge in [-0.15, -0.1) is 11.3 Å². The van der Waals surface area contributed by atoms with E-state index in [1.165, 1.54) is 4.88 Å². The van der Waals surface area contributed by atoms with Gasteiger partial charge in [0.05, 0.1) is 0 Å². The normalized spacial score (nSPS) is 10.1. The second-order valence-electron chi connectivity index (χ2n) is 3.24. The van der Waals surface area contributed by atoms with Crippen molar-refractivity contribution in [3.8, 4) is 0 Å². The van der Waals surface area contributed by atoms with Crippen LogP contribution in [0.1, 0.15) is 21.7 Å². The van der Waals surface area contributed by atoms with E-state index in [1.54, 1.807) is 35.9 Å². The fraction of sp³-hybridized carbons (Fsp3) is 0.167. The van der Waals surface area contributed by atoms with Gasteiger partial charge in [-0.1, -0.05) is 6.07 Å². The average Bonchev–Trinajstić information content (AvgIpc) is 2.80. The van der Waals surface area contributed by atoms with Crippen LogP contribution in [0.25, 0.3) is 0 Å². The highest BCUT2D eigenvalue weighted by molar-refractivity contribution is 7.09. The third kappa shape index (κ3) is 2.73. The standard InChI is InChI=1S/C12H11NOS/c14-12(10-5-7-13-8-6-10)4-3-11-2-1-9-15-11/h1-2,5-9H,3-4H2. The van der Waals surface area contributed by atoms with E-state index >= 15 is 0 Å². The van der Waals surface area contributed by atoms with Crippen molar-refractivity contribution in [1.82, 2.24) is 4.98 Å². The summed E-state index contributed by atoms with van der Waals surface area (Å²) in [7, 11) is 0. The maximum atomic E-state index is 11.7. The van der Waals surface area contributed by atoms with Crippen LogP contribution in [0.5, 0.6) is 0 Å². The van der Waals surface area contributed by atoms with E-state index in [0.717, 1.165) is 12.0 Å². The Morgan fingerprint density at radius 1 is 1.27 bits per heavy atom. The molecule has 0 amide bonds. The molecule has 2 aromatic rings. The molecule has 0 fully saturated rings. The van der Waals surface area contributed by atoms with Crippen LogP contribution < -0.4 is 0 Å². The molecule has 0 aliphatic heterocycles. The third-order valence-corrected chi connectivity index (χ3v) is 3.12. The number of carbonyl (C=O) groups excluding carboxylic acids is 1. The highest BCUT2D eigenvalue weighted by Crippen LogP contribution is 2.12. The fourth-order valence-electron chi connectivity index (χ4n) is 1.37. The second kappa shape index (κ2) is 4.84. The summed E-state index contributed by atoms with van der Waals surface area (Å²) < 4.78 is 0. The summed E-state index contributed by atoms with van der Waals surface area (Å²) in [4.78, 5) is 16.9. The van der Waals surface area contributed by atoms with E-state index in [-0.39, 0.29) is 5.78 Å². The number of pyridine rings is 1. The zero-order valence-corrected chi connectivity index (χ0v) is 9.04. The maximum Gasteiger partial charge on any atom is 0.163 e. The highest BCUT2D eigenvalue weighted by Gasteiger charge is 2.05. The first-order valence-corrected chi connectivity index (χ1v) is 5.70. The van der Waals surface area contributed by atoms with Gasteiger partial charge in [-0.3, -0.25) is 9.78 Å². The minimum atomic E-state index is 0.186. The lowest BCUT2D eigenvalue weighted by Crippen LogP contribution is -2.00. The topological polar surface area (TPSA) is 30.0 Å². The van der Waals surface area contributed by atoms with Gasteiger partial charge in [0.25, 0.3) is 0 Å². The monoisotopic (exact) mass is 217 g/mol. The molecule has 15 heavy (non-hydrogen) atoms. The maximum absolute atomic E-state index is 11.7. The van der Waals surface area contributed by atoms with Crippen LogP contribution in [0.4, 0.5) is 0 Å². The molecular weight excluding hydrogens is 206 g/mol. The van der Waals surface area contributed by atoms with E-state index in [0.29, 0.717) is 6.42 Å². The quantitative estimate of drug-likeness (QED) is 0.737. The van der Waals surface area contributed by atoms with Crippen LogP contribution >= 0.6 is 11.3 Å². The molecule has 0 radical (unpaired) electrons. The van der Waals surface area contributed by atoms with Gasteiger partial charge >= 0.3 is 0 Å². The Kier molecular flexibility index (Phi) is 3.25. The van der Waals surface area contributed by atoms with Crippen molar-refractivity contribution in [2.24, 2.45) is 0 Å². The number of rotatable bonds is 4. The smallest absolute Gasteiger partial charge is 0.163 e.